The summed E-state index contributed by atoms with van der Waals surface area (Å²) in [5.74, 6) is 2.12. The molecule has 0 bridgehead atoms. The summed E-state index contributed by atoms with van der Waals surface area (Å²) in [4.78, 5) is 14.2. The van der Waals surface area contributed by atoms with Crippen molar-refractivity contribution in [2.24, 2.45) is 5.92 Å². The largest absolute Gasteiger partial charge is 0.341 e. The summed E-state index contributed by atoms with van der Waals surface area (Å²) in [6, 6.07) is 0. The fourth-order valence-corrected chi connectivity index (χ4v) is 3.52. The molecule has 4 heteroatoms. The van der Waals surface area contributed by atoms with Crippen molar-refractivity contribution in [2.45, 2.75) is 31.4 Å². The lowest BCUT2D eigenvalue weighted by atomic mass is 9.94. The fourth-order valence-electron chi connectivity index (χ4n) is 2.51. The molecule has 2 rings (SSSR count). The van der Waals surface area contributed by atoms with Crippen molar-refractivity contribution in [2.75, 3.05) is 31.9 Å². The maximum absolute atomic E-state index is 12.1. The monoisotopic (exact) mass is 242 g/mol. The van der Waals surface area contributed by atoms with E-state index in [-0.39, 0.29) is 0 Å². The normalized spacial score (nSPS) is 28.1. The second kappa shape index (κ2) is 5.92. The van der Waals surface area contributed by atoms with Gasteiger partial charge in [-0.1, -0.05) is 6.92 Å². The number of amides is 1. The summed E-state index contributed by atoms with van der Waals surface area (Å²) in [6.45, 7) is 6.30. The van der Waals surface area contributed by atoms with E-state index in [0.29, 0.717) is 17.1 Å². The van der Waals surface area contributed by atoms with Gasteiger partial charge < -0.3 is 10.2 Å². The highest BCUT2D eigenvalue weighted by Crippen LogP contribution is 2.21. The van der Waals surface area contributed by atoms with Gasteiger partial charge in [0.25, 0.3) is 0 Å². The van der Waals surface area contributed by atoms with E-state index < -0.39 is 0 Å². The predicted molar refractivity (Wildman–Crippen MR) is 68.7 cm³/mol. The van der Waals surface area contributed by atoms with Crippen molar-refractivity contribution in [3.8, 4) is 0 Å². The van der Waals surface area contributed by atoms with Crippen molar-refractivity contribution < 1.29 is 4.79 Å². The standard InChI is InChI=1S/C12H22N2OS/c1-10-9-14(6-7-16-10)12(15)8-11-2-4-13-5-3-11/h10-11,13H,2-9H2,1H3. The number of nitrogens with one attached hydrogen (secondary N) is 1. The molecule has 2 aliphatic heterocycles. The third-order valence-electron chi connectivity index (χ3n) is 3.52. The summed E-state index contributed by atoms with van der Waals surface area (Å²) in [6.07, 6.45) is 3.12. The predicted octanol–water partition coefficient (Wildman–Crippen LogP) is 1.34. The van der Waals surface area contributed by atoms with E-state index in [1.165, 1.54) is 12.8 Å². The van der Waals surface area contributed by atoms with Gasteiger partial charge >= 0.3 is 0 Å². The van der Waals surface area contributed by atoms with Gasteiger partial charge in [0.05, 0.1) is 0 Å². The zero-order valence-corrected chi connectivity index (χ0v) is 10.9. The highest BCUT2D eigenvalue weighted by Gasteiger charge is 2.24. The summed E-state index contributed by atoms with van der Waals surface area (Å²) in [5, 5.41) is 3.96. The first-order valence-electron chi connectivity index (χ1n) is 6.36. The average Bonchev–Trinajstić information content (AvgIpc) is 2.30. The molecule has 0 radical (unpaired) electrons. The van der Waals surface area contributed by atoms with Crippen LogP contribution in [-0.4, -0.2) is 48.0 Å². The Bertz CT molecular complexity index is 241. The number of thioether (sulfide) groups is 1. The highest BCUT2D eigenvalue weighted by molar-refractivity contribution is 7.99. The molecule has 0 aromatic rings. The van der Waals surface area contributed by atoms with Crippen LogP contribution in [0.2, 0.25) is 0 Å². The maximum atomic E-state index is 12.1. The van der Waals surface area contributed by atoms with E-state index in [0.717, 1.165) is 38.4 Å². The lowest BCUT2D eigenvalue weighted by Crippen LogP contribution is -2.42. The quantitative estimate of drug-likeness (QED) is 0.793. The molecular weight excluding hydrogens is 220 g/mol. The SMILES string of the molecule is CC1CN(C(=O)CC2CCNCC2)CCS1. The Morgan fingerprint density at radius 2 is 2.19 bits per heavy atom. The van der Waals surface area contributed by atoms with Crippen LogP contribution in [-0.2, 0) is 4.79 Å². The fraction of sp³-hybridized carbons (Fsp3) is 0.917. The van der Waals surface area contributed by atoms with Gasteiger partial charge in [-0.25, -0.2) is 0 Å². The van der Waals surface area contributed by atoms with Crippen molar-refractivity contribution in [1.29, 1.82) is 0 Å². The first kappa shape index (κ1) is 12.2. The van der Waals surface area contributed by atoms with E-state index in [2.05, 4.69) is 17.1 Å². The third-order valence-corrected chi connectivity index (χ3v) is 4.65. The summed E-state index contributed by atoms with van der Waals surface area (Å²) in [7, 11) is 0. The van der Waals surface area contributed by atoms with Crippen LogP contribution in [0.25, 0.3) is 0 Å². The van der Waals surface area contributed by atoms with E-state index in [9.17, 15) is 4.79 Å². The van der Waals surface area contributed by atoms with Gasteiger partial charge in [-0.15, -0.1) is 0 Å². The molecule has 1 amide bonds. The van der Waals surface area contributed by atoms with Gasteiger partial charge in [0.1, 0.15) is 0 Å². The molecule has 2 saturated heterocycles. The Hall–Kier alpha value is -0.220. The smallest absolute Gasteiger partial charge is 0.222 e. The van der Waals surface area contributed by atoms with Gasteiger partial charge in [-0.3, -0.25) is 4.79 Å². The van der Waals surface area contributed by atoms with Crippen molar-refractivity contribution >= 4 is 17.7 Å². The number of carbonyl (C=O) groups excluding carboxylic acids is 1. The maximum Gasteiger partial charge on any atom is 0.222 e. The summed E-state index contributed by atoms with van der Waals surface area (Å²) in [5.41, 5.74) is 0. The molecule has 1 unspecified atom stereocenters. The van der Waals surface area contributed by atoms with Gasteiger partial charge in [-0.05, 0) is 31.8 Å². The molecule has 2 fully saturated rings. The molecule has 2 aliphatic rings. The molecule has 0 aromatic carbocycles. The van der Waals surface area contributed by atoms with E-state index in [1.54, 1.807) is 0 Å². The van der Waals surface area contributed by atoms with Crippen LogP contribution in [0.5, 0.6) is 0 Å². The zero-order valence-electron chi connectivity index (χ0n) is 10.1. The Labute approximate surface area is 102 Å². The van der Waals surface area contributed by atoms with Gasteiger partial charge in [0.2, 0.25) is 5.91 Å². The van der Waals surface area contributed by atoms with Crippen molar-refractivity contribution in [1.82, 2.24) is 10.2 Å². The zero-order chi connectivity index (χ0) is 11.4. The van der Waals surface area contributed by atoms with Gasteiger partial charge in [-0.2, -0.15) is 11.8 Å². The minimum atomic E-state index is 0.388. The first-order valence-corrected chi connectivity index (χ1v) is 7.40. The lowest BCUT2D eigenvalue weighted by molar-refractivity contribution is -0.132. The molecular formula is C12H22N2OS. The van der Waals surface area contributed by atoms with E-state index in [4.69, 9.17) is 0 Å². The minimum Gasteiger partial charge on any atom is -0.341 e. The van der Waals surface area contributed by atoms with Gasteiger partial charge in [0, 0.05) is 30.5 Å². The topological polar surface area (TPSA) is 32.3 Å². The van der Waals surface area contributed by atoms with Crippen molar-refractivity contribution in [3.63, 3.8) is 0 Å². The molecule has 2 heterocycles. The number of carbonyl (C=O) groups is 1. The van der Waals surface area contributed by atoms with Crippen LogP contribution >= 0.6 is 11.8 Å². The number of hydrogen-bond donors (Lipinski definition) is 1. The number of rotatable bonds is 2. The average molecular weight is 242 g/mol. The molecule has 0 saturated carbocycles. The molecule has 0 aliphatic carbocycles. The third kappa shape index (κ3) is 3.39. The minimum absolute atomic E-state index is 0.388. The van der Waals surface area contributed by atoms with Crippen LogP contribution in [0, 0.1) is 5.92 Å². The second-order valence-electron chi connectivity index (χ2n) is 4.92. The van der Waals surface area contributed by atoms with Gasteiger partial charge in [0.15, 0.2) is 0 Å². The van der Waals surface area contributed by atoms with E-state index >= 15 is 0 Å². The number of hydrogen-bond acceptors (Lipinski definition) is 3. The number of nitrogens with zero attached hydrogens (tertiary/aromatic N) is 1. The number of piperidine rings is 1. The molecule has 3 nitrogen and oxygen atoms in total. The molecule has 0 spiro atoms. The van der Waals surface area contributed by atoms with Crippen LogP contribution in [0.15, 0.2) is 0 Å². The molecule has 92 valence electrons. The first-order chi connectivity index (χ1) is 7.75. The Morgan fingerprint density at radius 3 is 2.88 bits per heavy atom. The second-order valence-corrected chi connectivity index (χ2v) is 6.46. The molecule has 1 atom stereocenters. The summed E-state index contributed by atoms with van der Waals surface area (Å²) >= 11 is 1.98. The summed E-state index contributed by atoms with van der Waals surface area (Å²) < 4.78 is 0. The molecule has 0 aromatic heterocycles. The van der Waals surface area contributed by atoms with Crippen LogP contribution in [0.4, 0.5) is 0 Å². The van der Waals surface area contributed by atoms with Crippen LogP contribution in [0.3, 0.4) is 0 Å². The Balaban J connectivity index is 1.77. The van der Waals surface area contributed by atoms with Crippen LogP contribution < -0.4 is 5.32 Å². The van der Waals surface area contributed by atoms with Crippen molar-refractivity contribution in [3.05, 3.63) is 0 Å². The Kier molecular flexibility index (Phi) is 4.53. The van der Waals surface area contributed by atoms with E-state index in [1.807, 2.05) is 11.8 Å². The molecule has 1 N–H and O–H groups in total. The highest BCUT2D eigenvalue weighted by atomic mass is 32.2. The molecule has 16 heavy (non-hydrogen) atoms. The van der Waals surface area contributed by atoms with Crippen LogP contribution in [0.1, 0.15) is 26.2 Å². The Morgan fingerprint density at radius 1 is 1.44 bits per heavy atom. The lowest BCUT2D eigenvalue weighted by Gasteiger charge is -2.32.